The number of hydrogen-bond donors (Lipinski definition) is 2. The summed E-state index contributed by atoms with van der Waals surface area (Å²) in [6.07, 6.45) is 2.62. The van der Waals surface area contributed by atoms with Crippen molar-refractivity contribution in [2.24, 2.45) is 0 Å². The third-order valence-corrected chi connectivity index (χ3v) is 5.87. The van der Waals surface area contributed by atoms with Gasteiger partial charge in [0.1, 0.15) is 17.4 Å². The first-order chi connectivity index (χ1) is 13.3. The second kappa shape index (κ2) is 7.88. The van der Waals surface area contributed by atoms with E-state index >= 15 is 0 Å². The number of nitriles is 1. The highest BCUT2D eigenvalue weighted by Gasteiger charge is 2.23. The van der Waals surface area contributed by atoms with Gasteiger partial charge in [0, 0.05) is 48.8 Å². The molecule has 1 fully saturated rings. The second-order valence-electron chi connectivity index (χ2n) is 6.48. The Balaban J connectivity index is 1.76. The van der Waals surface area contributed by atoms with Gasteiger partial charge in [0.2, 0.25) is 10.0 Å². The van der Waals surface area contributed by atoms with Gasteiger partial charge in [-0.2, -0.15) is 9.57 Å². The number of carbonyl (C=O) groups is 1. The number of rotatable bonds is 4. The molecule has 0 spiro atoms. The Morgan fingerprint density at radius 2 is 1.79 bits per heavy atom. The minimum absolute atomic E-state index is 0.0787. The third kappa shape index (κ3) is 4.24. The van der Waals surface area contributed by atoms with Crippen molar-refractivity contribution in [2.75, 3.05) is 37.8 Å². The Morgan fingerprint density at radius 1 is 1.14 bits per heavy atom. The molecule has 1 aliphatic rings. The fourth-order valence-corrected chi connectivity index (χ4v) is 3.90. The summed E-state index contributed by atoms with van der Waals surface area (Å²) >= 11 is 0. The number of fused-ring (bicyclic) bond motifs is 1. The van der Waals surface area contributed by atoms with Crippen LogP contribution in [0.25, 0.3) is 10.8 Å². The van der Waals surface area contributed by atoms with Gasteiger partial charge in [0.25, 0.3) is 5.91 Å². The SMILES string of the molecule is CS(=O)(=O)N1CCN(/C=C(/C#N)C(=O)Nc2cccc3c(O)cccc23)CC1. The number of nitrogens with one attached hydrogen (secondary N) is 1. The lowest BCUT2D eigenvalue weighted by Crippen LogP contribution is -2.46. The summed E-state index contributed by atoms with van der Waals surface area (Å²) in [5, 5.41) is 23.3. The van der Waals surface area contributed by atoms with Gasteiger partial charge in [-0.1, -0.05) is 24.3 Å². The topological polar surface area (TPSA) is 114 Å². The van der Waals surface area contributed by atoms with Crippen molar-refractivity contribution in [1.82, 2.24) is 9.21 Å². The first-order valence-electron chi connectivity index (χ1n) is 8.63. The van der Waals surface area contributed by atoms with Crippen LogP contribution in [0.3, 0.4) is 0 Å². The highest BCUT2D eigenvalue weighted by Crippen LogP contribution is 2.30. The Morgan fingerprint density at radius 3 is 2.43 bits per heavy atom. The normalized spacial score (nSPS) is 16.0. The summed E-state index contributed by atoms with van der Waals surface area (Å²) in [6.45, 7) is 1.40. The average molecular weight is 400 g/mol. The Labute approximate surface area is 163 Å². The summed E-state index contributed by atoms with van der Waals surface area (Å²) in [4.78, 5) is 14.3. The van der Waals surface area contributed by atoms with E-state index in [1.807, 2.05) is 6.07 Å². The number of hydrogen-bond acceptors (Lipinski definition) is 6. The van der Waals surface area contributed by atoms with Crippen LogP contribution in [-0.4, -0.2) is 61.1 Å². The molecule has 1 aliphatic heterocycles. The summed E-state index contributed by atoms with van der Waals surface area (Å²) in [5.41, 5.74) is 0.409. The maximum atomic E-state index is 12.6. The number of nitrogens with zero attached hydrogens (tertiary/aromatic N) is 3. The molecule has 28 heavy (non-hydrogen) atoms. The van der Waals surface area contributed by atoms with Gasteiger partial charge in [-0.05, 0) is 12.1 Å². The number of aromatic hydroxyl groups is 1. The van der Waals surface area contributed by atoms with Crippen LogP contribution in [0.4, 0.5) is 5.69 Å². The van der Waals surface area contributed by atoms with Crippen molar-refractivity contribution in [1.29, 1.82) is 5.26 Å². The Kier molecular flexibility index (Phi) is 5.53. The molecule has 3 rings (SSSR count). The molecule has 0 aliphatic carbocycles. The zero-order valence-electron chi connectivity index (χ0n) is 15.3. The lowest BCUT2D eigenvalue weighted by molar-refractivity contribution is -0.112. The van der Waals surface area contributed by atoms with E-state index in [1.165, 1.54) is 10.5 Å². The fourth-order valence-electron chi connectivity index (χ4n) is 3.08. The number of sulfonamides is 1. The van der Waals surface area contributed by atoms with Crippen LogP contribution in [0.2, 0.25) is 0 Å². The van der Waals surface area contributed by atoms with E-state index in [2.05, 4.69) is 5.32 Å². The summed E-state index contributed by atoms with van der Waals surface area (Å²) in [7, 11) is -3.24. The Hall–Kier alpha value is -3.09. The van der Waals surface area contributed by atoms with Crippen LogP contribution in [0, 0.1) is 11.3 Å². The molecule has 146 valence electrons. The van der Waals surface area contributed by atoms with Crippen LogP contribution in [-0.2, 0) is 14.8 Å². The van der Waals surface area contributed by atoms with Crippen molar-refractivity contribution in [3.63, 3.8) is 0 Å². The van der Waals surface area contributed by atoms with E-state index < -0.39 is 15.9 Å². The van der Waals surface area contributed by atoms with E-state index in [9.17, 15) is 23.6 Å². The highest BCUT2D eigenvalue weighted by atomic mass is 32.2. The van der Waals surface area contributed by atoms with Crippen molar-refractivity contribution in [3.8, 4) is 11.8 Å². The minimum atomic E-state index is -3.24. The molecular formula is C19H20N4O4S. The zero-order chi connectivity index (χ0) is 20.3. The van der Waals surface area contributed by atoms with Gasteiger partial charge in [0.15, 0.2) is 0 Å². The number of carbonyl (C=O) groups excluding carboxylic acids is 1. The quantitative estimate of drug-likeness (QED) is 0.593. The number of anilines is 1. The molecule has 8 nitrogen and oxygen atoms in total. The average Bonchev–Trinajstić information content (AvgIpc) is 2.66. The van der Waals surface area contributed by atoms with Gasteiger partial charge < -0.3 is 15.3 Å². The molecule has 2 N–H and O–H groups in total. The third-order valence-electron chi connectivity index (χ3n) is 4.57. The first-order valence-corrected chi connectivity index (χ1v) is 10.5. The standard InChI is InChI=1S/C19H20N4O4S/c1-28(26,27)23-10-8-22(9-11-23)13-14(12-20)19(25)21-17-6-2-5-16-15(17)4-3-7-18(16)24/h2-7,13,24H,8-11H2,1H3,(H,21,25)/b14-13-. The lowest BCUT2D eigenvalue weighted by atomic mass is 10.1. The van der Waals surface area contributed by atoms with Gasteiger partial charge in [-0.15, -0.1) is 0 Å². The number of amides is 1. The molecule has 9 heteroatoms. The van der Waals surface area contributed by atoms with Crippen molar-refractivity contribution in [3.05, 3.63) is 48.2 Å². The molecule has 1 saturated heterocycles. The van der Waals surface area contributed by atoms with Crippen LogP contribution in [0.15, 0.2) is 48.2 Å². The number of piperazine rings is 1. The lowest BCUT2D eigenvalue weighted by Gasteiger charge is -2.32. The van der Waals surface area contributed by atoms with Crippen LogP contribution in [0.1, 0.15) is 0 Å². The summed E-state index contributed by atoms with van der Waals surface area (Å²) in [6, 6.07) is 12.0. The van der Waals surface area contributed by atoms with Gasteiger partial charge in [-0.3, -0.25) is 4.79 Å². The van der Waals surface area contributed by atoms with Crippen molar-refractivity contribution in [2.45, 2.75) is 0 Å². The van der Waals surface area contributed by atoms with Gasteiger partial charge in [0.05, 0.1) is 6.26 Å². The highest BCUT2D eigenvalue weighted by molar-refractivity contribution is 7.88. The molecule has 2 aromatic carbocycles. The van der Waals surface area contributed by atoms with Crippen LogP contribution < -0.4 is 5.32 Å². The van der Waals surface area contributed by atoms with E-state index in [4.69, 9.17) is 0 Å². The van der Waals surface area contributed by atoms with Crippen molar-refractivity contribution < 1.29 is 18.3 Å². The maximum Gasteiger partial charge on any atom is 0.267 e. The molecule has 0 bridgehead atoms. The molecule has 0 unspecified atom stereocenters. The molecule has 1 amide bonds. The maximum absolute atomic E-state index is 12.6. The summed E-state index contributed by atoms with van der Waals surface area (Å²) < 4.78 is 24.5. The molecule has 1 heterocycles. The monoisotopic (exact) mass is 400 g/mol. The second-order valence-corrected chi connectivity index (χ2v) is 8.47. The van der Waals surface area contributed by atoms with Gasteiger partial charge >= 0.3 is 0 Å². The Bertz CT molecular complexity index is 1080. The number of benzene rings is 2. The van der Waals surface area contributed by atoms with Crippen molar-refractivity contribution >= 4 is 32.4 Å². The van der Waals surface area contributed by atoms with E-state index in [1.54, 1.807) is 41.3 Å². The minimum Gasteiger partial charge on any atom is -0.507 e. The molecule has 0 radical (unpaired) electrons. The first kappa shape index (κ1) is 19.7. The number of phenols is 1. The van der Waals surface area contributed by atoms with Gasteiger partial charge in [-0.25, -0.2) is 8.42 Å². The predicted octanol–water partition coefficient (Wildman–Crippen LogP) is 1.47. The smallest absolute Gasteiger partial charge is 0.267 e. The largest absolute Gasteiger partial charge is 0.507 e. The zero-order valence-corrected chi connectivity index (χ0v) is 16.1. The predicted molar refractivity (Wildman–Crippen MR) is 106 cm³/mol. The van der Waals surface area contributed by atoms with E-state index in [0.717, 1.165) is 6.26 Å². The van der Waals surface area contributed by atoms with Crippen LogP contribution in [0.5, 0.6) is 5.75 Å². The van der Waals surface area contributed by atoms with E-state index in [-0.39, 0.29) is 11.3 Å². The molecule has 0 aromatic heterocycles. The number of phenolic OH excluding ortho intramolecular Hbond substituents is 1. The fraction of sp³-hybridized carbons (Fsp3) is 0.263. The van der Waals surface area contributed by atoms with Crippen LogP contribution >= 0.6 is 0 Å². The summed E-state index contributed by atoms with van der Waals surface area (Å²) in [5.74, 6) is -0.461. The van der Waals surface area contributed by atoms with E-state index in [0.29, 0.717) is 42.6 Å². The molecule has 0 atom stereocenters. The molecular weight excluding hydrogens is 380 g/mol. The molecule has 2 aromatic rings. The molecule has 0 saturated carbocycles.